The van der Waals surface area contributed by atoms with Crippen LogP contribution in [0.4, 0.5) is 0 Å². The second-order valence-electron chi connectivity index (χ2n) is 5.32. The van der Waals surface area contributed by atoms with E-state index in [4.69, 9.17) is 12.7 Å². The fraction of sp³-hybridized carbons (Fsp3) is 1.00. The number of rotatable bonds is 5. The molecule has 3 nitrogen and oxygen atoms in total. The van der Waals surface area contributed by atoms with Crippen LogP contribution in [-0.2, 0) is 12.7 Å². The summed E-state index contributed by atoms with van der Waals surface area (Å²) in [6.07, 6.45) is 0. The largest absolute Gasteiger partial charge is 0.437 e. The first-order valence-electron chi connectivity index (χ1n) is 4.93. The highest BCUT2D eigenvalue weighted by molar-refractivity contribution is 6.85. The molecule has 86 valence electrons. The van der Waals surface area contributed by atoms with Gasteiger partial charge in [0.1, 0.15) is 0 Å². The molecule has 6 heteroatoms. The zero-order valence-corrected chi connectivity index (χ0v) is 13.7. The van der Waals surface area contributed by atoms with Crippen LogP contribution in [0.3, 0.4) is 0 Å². The Morgan fingerprint density at radius 3 is 1.36 bits per heavy atom. The van der Waals surface area contributed by atoms with E-state index in [-0.39, 0.29) is 0 Å². The molecular formula is C8H24O3Si3. The highest BCUT2D eigenvalue weighted by Gasteiger charge is 2.38. The second-order valence-corrected chi connectivity index (χ2v) is 17.2. The smallest absolute Gasteiger partial charge is 0.322 e. The van der Waals surface area contributed by atoms with E-state index in [1.807, 2.05) is 0 Å². The van der Waals surface area contributed by atoms with Crippen LogP contribution in [0, 0.1) is 0 Å². The van der Waals surface area contributed by atoms with Crippen LogP contribution in [0.2, 0.25) is 45.8 Å². The lowest BCUT2D eigenvalue weighted by Crippen LogP contribution is -2.52. The molecule has 0 aromatic carbocycles. The molecule has 0 bridgehead atoms. The van der Waals surface area contributed by atoms with Gasteiger partial charge in [-0.15, -0.1) is 0 Å². The third-order valence-corrected chi connectivity index (χ3v) is 10.9. The molecule has 14 heavy (non-hydrogen) atoms. The van der Waals surface area contributed by atoms with Crippen LogP contribution in [-0.4, -0.2) is 32.5 Å². The number of hydrogen-bond donors (Lipinski definition) is 0. The topological polar surface area (TPSA) is 27.7 Å². The summed E-state index contributed by atoms with van der Waals surface area (Å²) in [5.41, 5.74) is 0. The van der Waals surface area contributed by atoms with Gasteiger partial charge in [-0.25, -0.2) is 0 Å². The molecule has 0 rings (SSSR count). The van der Waals surface area contributed by atoms with Gasteiger partial charge >= 0.3 is 17.1 Å². The molecule has 0 fully saturated rings. The van der Waals surface area contributed by atoms with Crippen LogP contribution in [0.25, 0.3) is 0 Å². The summed E-state index contributed by atoms with van der Waals surface area (Å²) in [5.74, 6) is 0. The van der Waals surface area contributed by atoms with Crippen molar-refractivity contribution < 1.29 is 12.7 Å². The molecule has 0 heterocycles. The lowest BCUT2D eigenvalue weighted by atomic mass is 11.8. The van der Waals surface area contributed by atoms with E-state index in [0.717, 1.165) is 0 Å². The van der Waals surface area contributed by atoms with Crippen LogP contribution >= 0.6 is 0 Å². The van der Waals surface area contributed by atoms with Gasteiger partial charge < -0.3 is 12.7 Å². The fourth-order valence-corrected chi connectivity index (χ4v) is 12.9. The Labute approximate surface area is 91.4 Å². The van der Waals surface area contributed by atoms with E-state index < -0.39 is 25.4 Å². The first kappa shape index (κ1) is 14.5. The van der Waals surface area contributed by atoms with Crippen LogP contribution in [0.5, 0.6) is 0 Å². The Morgan fingerprint density at radius 1 is 0.643 bits per heavy atom. The molecule has 0 unspecified atom stereocenters. The van der Waals surface area contributed by atoms with Crippen molar-refractivity contribution in [2.75, 3.05) is 7.11 Å². The predicted molar refractivity (Wildman–Crippen MR) is 67.5 cm³/mol. The summed E-state index contributed by atoms with van der Waals surface area (Å²) in [6, 6.07) is 0. The summed E-state index contributed by atoms with van der Waals surface area (Å²) in [4.78, 5) is 0. The maximum atomic E-state index is 6.07. The zero-order chi connectivity index (χ0) is 11.6. The monoisotopic (exact) mass is 252 g/mol. The quantitative estimate of drug-likeness (QED) is 0.704. The van der Waals surface area contributed by atoms with Gasteiger partial charge in [0, 0.05) is 7.11 Å². The Morgan fingerprint density at radius 2 is 1.07 bits per heavy atom. The fourth-order valence-electron chi connectivity index (χ4n) is 1.39. The van der Waals surface area contributed by atoms with Crippen molar-refractivity contribution in [2.24, 2.45) is 0 Å². The first-order valence-corrected chi connectivity index (χ1v) is 14.0. The van der Waals surface area contributed by atoms with Gasteiger partial charge in [-0.3, -0.25) is 0 Å². The molecule has 0 saturated heterocycles. The SMILES string of the molecule is CO[Si](C)(C)O[Si](C)(C)O[Si](C)(C)C. The Bertz CT molecular complexity index is 187. The van der Waals surface area contributed by atoms with Gasteiger partial charge in [0.15, 0.2) is 8.32 Å². The van der Waals surface area contributed by atoms with E-state index in [9.17, 15) is 0 Å². The lowest BCUT2D eigenvalue weighted by Gasteiger charge is -2.36. The average molecular weight is 253 g/mol. The molecule has 0 atom stereocenters. The van der Waals surface area contributed by atoms with Crippen molar-refractivity contribution in [1.82, 2.24) is 0 Å². The van der Waals surface area contributed by atoms with Crippen molar-refractivity contribution in [1.29, 1.82) is 0 Å². The maximum Gasteiger partial charge on any atom is 0.322 e. The van der Waals surface area contributed by atoms with Gasteiger partial charge in [-0.1, -0.05) is 0 Å². The predicted octanol–water partition coefficient (Wildman–Crippen LogP) is 2.90. The standard InChI is InChI=1S/C8H24O3Si3/c1-9-13(5,6)11-14(7,8)10-12(2,3)4/h1-8H3. The molecule has 0 N–H and O–H groups in total. The van der Waals surface area contributed by atoms with Crippen molar-refractivity contribution in [3.8, 4) is 0 Å². The summed E-state index contributed by atoms with van der Waals surface area (Å²) in [5, 5.41) is 0. The minimum absolute atomic E-state index is 1.50. The molecule has 0 spiro atoms. The lowest BCUT2D eigenvalue weighted by molar-refractivity contribution is 0.280. The summed E-state index contributed by atoms with van der Waals surface area (Å²) < 4.78 is 17.5. The Kier molecular flexibility index (Phi) is 4.76. The van der Waals surface area contributed by atoms with Gasteiger partial charge in [0.2, 0.25) is 0 Å². The highest BCUT2D eigenvalue weighted by atomic mass is 28.5. The zero-order valence-electron chi connectivity index (χ0n) is 10.7. The maximum absolute atomic E-state index is 6.07. The van der Waals surface area contributed by atoms with E-state index in [0.29, 0.717) is 0 Å². The van der Waals surface area contributed by atoms with Crippen LogP contribution in [0.1, 0.15) is 0 Å². The Balaban J connectivity index is 4.35. The van der Waals surface area contributed by atoms with Crippen molar-refractivity contribution in [2.45, 2.75) is 45.8 Å². The summed E-state index contributed by atoms with van der Waals surface area (Å²) >= 11 is 0. The molecule has 0 aliphatic heterocycles. The van der Waals surface area contributed by atoms with Gasteiger partial charge in [-0.05, 0) is 45.8 Å². The molecular weight excluding hydrogens is 228 g/mol. The molecule has 0 aliphatic rings. The van der Waals surface area contributed by atoms with Gasteiger partial charge in [0.25, 0.3) is 0 Å². The van der Waals surface area contributed by atoms with E-state index in [1.165, 1.54) is 0 Å². The first-order chi connectivity index (χ1) is 5.97. The van der Waals surface area contributed by atoms with Gasteiger partial charge in [-0.2, -0.15) is 0 Å². The molecule has 0 aliphatic carbocycles. The minimum atomic E-state index is -2.00. The van der Waals surface area contributed by atoms with Crippen LogP contribution in [0.15, 0.2) is 0 Å². The molecule has 0 radical (unpaired) electrons. The van der Waals surface area contributed by atoms with Gasteiger partial charge in [0.05, 0.1) is 0 Å². The van der Waals surface area contributed by atoms with Crippen molar-refractivity contribution in [3.05, 3.63) is 0 Å². The highest BCUT2D eigenvalue weighted by Crippen LogP contribution is 2.20. The van der Waals surface area contributed by atoms with Crippen LogP contribution < -0.4 is 0 Å². The summed E-state index contributed by atoms with van der Waals surface area (Å²) in [6.45, 7) is 14.9. The van der Waals surface area contributed by atoms with E-state index in [1.54, 1.807) is 7.11 Å². The Hall–Kier alpha value is 0.531. The molecule has 0 aromatic rings. The normalized spacial score (nSPS) is 14.6. The molecule has 0 amide bonds. The van der Waals surface area contributed by atoms with Crippen molar-refractivity contribution >= 4 is 25.4 Å². The van der Waals surface area contributed by atoms with Crippen molar-refractivity contribution in [3.63, 3.8) is 0 Å². The molecule has 0 aromatic heterocycles. The van der Waals surface area contributed by atoms with E-state index in [2.05, 4.69) is 45.8 Å². The van der Waals surface area contributed by atoms with E-state index >= 15 is 0 Å². The molecule has 0 saturated carbocycles. The minimum Gasteiger partial charge on any atom is -0.437 e. The third-order valence-electron chi connectivity index (χ3n) is 1.54. The third kappa shape index (κ3) is 6.91. The number of hydrogen-bond acceptors (Lipinski definition) is 3. The second kappa shape index (κ2) is 4.58. The summed E-state index contributed by atoms with van der Waals surface area (Å²) in [7, 11) is -3.74. The average Bonchev–Trinajstić information content (AvgIpc) is 1.78.